The van der Waals surface area contributed by atoms with Crippen LogP contribution in [-0.2, 0) is 0 Å². The summed E-state index contributed by atoms with van der Waals surface area (Å²) in [4.78, 5) is 0. The molecule has 0 heterocycles. The zero-order chi connectivity index (χ0) is 13.5. The van der Waals surface area contributed by atoms with Crippen molar-refractivity contribution >= 4 is 0 Å². The maximum Gasteiger partial charge on any atom is 0.119 e. The number of hydrogen-bond acceptors (Lipinski definition) is 2. The van der Waals surface area contributed by atoms with Gasteiger partial charge in [0.05, 0.1) is 6.61 Å². The van der Waals surface area contributed by atoms with Gasteiger partial charge in [-0.05, 0) is 43.0 Å². The molecule has 2 heteroatoms. The van der Waals surface area contributed by atoms with E-state index in [-0.39, 0.29) is 0 Å². The molecule has 2 rings (SSSR count). The molecule has 1 unspecified atom stereocenters. The standard InChI is InChI=1S/C17H27NO/c1-3-17(18-4-2)15-9-6-10-16(13-15)19-12-11-14-7-5-8-14/h6,9-10,13-14,17-18H,3-5,7-8,11-12H2,1-2H3. The van der Waals surface area contributed by atoms with Crippen LogP contribution in [0.25, 0.3) is 0 Å². The summed E-state index contributed by atoms with van der Waals surface area (Å²) >= 11 is 0. The van der Waals surface area contributed by atoms with Crippen LogP contribution in [0.3, 0.4) is 0 Å². The van der Waals surface area contributed by atoms with Crippen LogP contribution in [0.2, 0.25) is 0 Å². The number of rotatable bonds is 8. The lowest BCUT2D eigenvalue weighted by atomic mass is 9.83. The lowest BCUT2D eigenvalue weighted by Crippen LogP contribution is -2.20. The van der Waals surface area contributed by atoms with Crippen molar-refractivity contribution in [2.45, 2.75) is 52.0 Å². The lowest BCUT2D eigenvalue weighted by Gasteiger charge is -2.25. The molecule has 1 aliphatic carbocycles. The zero-order valence-corrected chi connectivity index (χ0v) is 12.3. The molecule has 1 fully saturated rings. The second-order valence-electron chi connectivity index (χ2n) is 5.53. The molecular formula is C17H27NO. The van der Waals surface area contributed by atoms with Crippen molar-refractivity contribution in [2.24, 2.45) is 5.92 Å². The summed E-state index contributed by atoms with van der Waals surface area (Å²) in [6, 6.07) is 9.00. The van der Waals surface area contributed by atoms with E-state index in [1.807, 2.05) is 0 Å². The molecule has 0 amide bonds. The first-order valence-electron chi connectivity index (χ1n) is 7.79. The summed E-state index contributed by atoms with van der Waals surface area (Å²) in [5.74, 6) is 1.95. The molecule has 0 radical (unpaired) electrons. The van der Waals surface area contributed by atoms with Gasteiger partial charge in [-0.2, -0.15) is 0 Å². The largest absolute Gasteiger partial charge is 0.494 e. The first-order valence-corrected chi connectivity index (χ1v) is 7.79. The van der Waals surface area contributed by atoms with E-state index in [9.17, 15) is 0 Å². The summed E-state index contributed by atoms with van der Waals surface area (Å²) in [5, 5.41) is 3.51. The predicted molar refractivity (Wildman–Crippen MR) is 80.6 cm³/mol. The van der Waals surface area contributed by atoms with Crippen LogP contribution in [0.5, 0.6) is 5.75 Å². The Morgan fingerprint density at radius 1 is 1.32 bits per heavy atom. The molecule has 0 aliphatic heterocycles. The van der Waals surface area contributed by atoms with E-state index in [2.05, 4.69) is 43.4 Å². The summed E-state index contributed by atoms with van der Waals surface area (Å²) in [6.07, 6.45) is 6.55. The van der Waals surface area contributed by atoms with E-state index in [1.54, 1.807) is 0 Å². The van der Waals surface area contributed by atoms with Crippen LogP contribution in [0, 0.1) is 5.92 Å². The molecule has 2 nitrogen and oxygen atoms in total. The topological polar surface area (TPSA) is 21.3 Å². The highest BCUT2D eigenvalue weighted by Crippen LogP contribution is 2.29. The maximum atomic E-state index is 5.90. The molecule has 1 N–H and O–H groups in total. The van der Waals surface area contributed by atoms with Crippen LogP contribution in [-0.4, -0.2) is 13.2 Å². The van der Waals surface area contributed by atoms with Gasteiger partial charge in [-0.15, -0.1) is 0 Å². The predicted octanol–water partition coefficient (Wildman–Crippen LogP) is 4.32. The molecule has 0 bridgehead atoms. The van der Waals surface area contributed by atoms with Gasteiger partial charge in [0.1, 0.15) is 5.75 Å². The van der Waals surface area contributed by atoms with Gasteiger partial charge in [-0.1, -0.05) is 45.2 Å². The highest BCUT2D eigenvalue weighted by Gasteiger charge is 2.17. The van der Waals surface area contributed by atoms with Gasteiger partial charge < -0.3 is 10.1 Å². The Morgan fingerprint density at radius 2 is 2.16 bits per heavy atom. The van der Waals surface area contributed by atoms with Crippen molar-refractivity contribution in [1.29, 1.82) is 0 Å². The van der Waals surface area contributed by atoms with Gasteiger partial charge in [0, 0.05) is 6.04 Å². The van der Waals surface area contributed by atoms with E-state index in [4.69, 9.17) is 4.74 Å². The Labute approximate surface area is 117 Å². The smallest absolute Gasteiger partial charge is 0.119 e. The molecule has 0 aromatic heterocycles. The van der Waals surface area contributed by atoms with Gasteiger partial charge >= 0.3 is 0 Å². The number of ether oxygens (including phenoxy) is 1. The van der Waals surface area contributed by atoms with Crippen molar-refractivity contribution in [3.05, 3.63) is 29.8 Å². The minimum atomic E-state index is 0.445. The fourth-order valence-electron chi connectivity index (χ4n) is 2.69. The van der Waals surface area contributed by atoms with Gasteiger partial charge in [0.15, 0.2) is 0 Å². The Balaban J connectivity index is 1.86. The van der Waals surface area contributed by atoms with Crippen molar-refractivity contribution in [1.82, 2.24) is 5.32 Å². The Morgan fingerprint density at radius 3 is 2.79 bits per heavy atom. The number of nitrogens with one attached hydrogen (secondary N) is 1. The normalized spacial score (nSPS) is 16.9. The average molecular weight is 261 g/mol. The van der Waals surface area contributed by atoms with E-state index >= 15 is 0 Å². The number of hydrogen-bond donors (Lipinski definition) is 1. The van der Waals surface area contributed by atoms with Crippen molar-refractivity contribution in [3.63, 3.8) is 0 Å². The van der Waals surface area contributed by atoms with Crippen LogP contribution in [0.1, 0.15) is 57.6 Å². The van der Waals surface area contributed by atoms with E-state index < -0.39 is 0 Å². The zero-order valence-electron chi connectivity index (χ0n) is 12.3. The molecule has 1 aromatic rings. The highest BCUT2D eigenvalue weighted by molar-refractivity contribution is 5.30. The highest BCUT2D eigenvalue weighted by atomic mass is 16.5. The third kappa shape index (κ3) is 4.24. The SMILES string of the molecule is CCNC(CC)c1cccc(OCCC2CCC2)c1. The van der Waals surface area contributed by atoms with Gasteiger partial charge in [0.2, 0.25) is 0 Å². The minimum Gasteiger partial charge on any atom is -0.494 e. The van der Waals surface area contributed by atoms with Crippen LogP contribution in [0.4, 0.5) is 0 Å². The van der Waals surface area contributed by atoms with Gasteiger partial charge in [-0.3, -0.25) is 0 Å². The van der Waals surface area contributed by atoms with E-state index in [0.29, 0.717) is 6.04 Å². The van der Waals surface area contributed by atoms with Crippen molar-refractivity contribution in [2.75, 3.05) is 13.2 Å². The van der Waals surface area contributed by atoms with Crippen molar-refractivity contribution in [3.8, 4) is 5.75 Å². The molecule has 1 saturated carbocycles. The third-order valence-corrected chi connectivity index (χ3v) is 4.14. The van der Waals surface area contributed by atoms with Crippen LogP contribution >= 0.6 is 0 Å². The molecular weight excluding hydrogens is 234 g/mol. The molecule has 0 spiro atoms. The van der Waals surface area contributed by atoms with Crippen LogP contribution in [0.15, 0.2) is 24.3 Å². The molecule has 19 heavy (non-hydrogen) atoms. The second-order valence-corrected chi connectivity index (χ2v) is 5.53. The first kappa shape index (κ1) is 14.4. The third-order valence-electron chi connectivity index (χ3n) is 4.14. The van der Waals surface area contributed by atoms with E-state index in [1.165, 1.54) is 31.2 Å². The molecule has 1 aromatic carbocycles. The first-order chi connectivity index (χ1) is 9.33. The van der Waals surface area contributed by atoms with E-state index in [0.717, 1.165) is 31.2 Å². The van der Waals surface area contributed by atoms with Crippen molar-refractivity contribution < 1.29 is 4.74 Å². The number of benzene rings is 1. The molecule has 0 saturated heterocycles. The van der Waals surface area contributed by atoms with Gasteiger partial charge in [0.25, 0.3) is 0 Å². The molecule has 1 atom stereocenters. The average Bonchev–Trinajstić information content (AvgIpc) is 2.39. The molecule has 1 aliphatic rings. The minimum absolute atomic E-state index is 0.445. The summed E-state index contributed by atoms with van der Waals surface area (Å²) in [5.41, 5.74) is 1.34. The second kappa shape index (κ2) is 7.54. The fraction of sp³-hybridized carbons (Fsp3) is 0.647. The molecule has 106 valence electrons. The Bertz CT molecular complexity index is 373. The quantitative estimate of drug-likeness (QED) is 0.752. The fourth-order valence-corrected chi connectivity index (χ4v) is 2.69. The van der Waals surface area contributed by atoms with Gasteiger partial charge in [-0.25, -0.2) is 0 Å². The lowest BCUT2D eigenvalue weighted by molar-refractivity contribution is 0.222. The summed E-state index contributed by atoms with van der Waals surface area (Å²) in [6.45, 7) is 6.25. The van der Waals surface area contributed by atoms with Crippen LogP contribution < -0.4 is 10.1 Å². The Kier molecular flexibility index (Phi) is 5.71. The Hall–Kier alpha value is -1.02. The summed E-state index contributed by atoms with van der Waals surface area (Å²) < 4.78 is 5.90. The summed E-state index contributed by atoms with van der Waals surface area (Å²) in [7, 11) is 0. The maximum absolute atomic E-state index is 5.90. The monoisotopic (exact) mass is 261 g/mol.